The van der Waals surface area contributed by atoms with E-state index in [0.29, 0.717) is 21.7 Å². The van der Waals surface area contributed by atoms with Gasteiger partial charge in [0.2, 0.25) is 0 Å². The van der Waals surface area contributed by atoms with Crippen LogP contribution in [0.25, 0.3) is 5.69 Å². The lowest BCUT2D eigenvalue weighted by Gasteiger charge is -2.40. The Hall–Kier alpha value is -4.39. The summed E-state index contributed by atoms with van der Waals surface area (Å²) in [6.45, 7) is 4.10. The van der Waals surface area contributed by atoms with Crippen LogP contribution in [0.15, 0.2) is 107 Å². The predicted molar refractivity (Wildman–Crippen MR) is 165 cm³/mol. The molecule has 1 aromatic heterocycles. The average molecular weight is 563 g/mol. The first kappa shape index (κ1) is 24.6. The topological polar surface area (TPSA) is 57.8 Å². The van der Waals surface area contributed by atoms with Crippen molar-refractivity contribution in [2.75, 3.05) is 10.2 Å². The van der Waals surface area contributed by atoms with Gasteiger partial charge in [0.1, 0.15) is 0 Å². The molecule has 6 nitrogen and oxygen atoms in total. The van der Waals surface area contributed by atoms with E-state index in [2.05, 4.69) is 35.3 Å². The fraction of sp³-hybridized carbons (Fsp3) is 0.0938. The molecular weight excluding hydrogens is 539 g/mol. The second-order valence-electron chi connectivity index (χ2n) is 9.89. The van der Waals surface area contributed by atoms with Crippen LogP contribution in [0.4, 0.5) is 22.9 Å². The Kier molecular flexibility index (Phi) is 5.95. The summed E-state index contributed by atoms with van der Waals surface area (Å²) in [5.74, 6) is 2.10. The van der Waals surface area contributed by atoms with Crippen LogP contribution in [-0.4, -0.2) is 21.5 Å². The van der Waals surface area contributed by atoms with Crippen molar-refractivity contribution in [2.24, 2.45) is 9.98 Å². The normalized spacial score (nSPS) is 15.5. The maximum atomic E-state index is 6.59. The van der Waals surface area contributed by atoms with E-state index >= 15 is 0 Å². The quantitative estimate of drug-likeness (QED) is 0.239. The molecule has 2 aliphatic heterocycles. The first-order valence-electron chi connectivity index (χ1n) is 13.0. The van der Waals surface area contributed by atoms with E-state index in [0.717, 1.165) is 45.4 Å². The first-order valence-corrected chi connectivity index (χ1v) is 13.7. The van der Waals surface area contributed by atoms with Crippen LogP contribution in [0, 0.1) is 13.8 Å². The van der Waals surface area contributed by atoms with E-state index in [4.69, 9.17) is 38.3 Å². The van der Waals surface area contributed by atoms with Crippen LogP contribution in [0.1, 0.15) is 28.4 Å². The Labute approximate surface area is 242 Å². The van der Waals surface area contributed by atoms with Crippen molar-refractivity contribution in [3.63, 3.8) is 0 Å². The zero-order chi connectivity index (χ0) is 27.4. The van der Waals surface area contributed by atoms with E-state index in [9.17, 15) is 0 Å². The highest BCUT2D eigenvalue weighted by Gasteiger charge is 2.41. The minimum atomic E-state index is -0.277. The summed E-state index contributed by atoms with van der Waals surface area (Å²) >= 11 is 13.0. The molecule has 0 bridgehead atoms. The van der Waals surface area contributed by atoms with Gasteiger partial charge in [-0.05, 0) is 67.9 Å². The minimum Gasteiger partial charge on any atom is -0.337 e. The summed E-state index contributed by atoms with van der Waals surface area (Å²) in [5.41, 5.74) is 7.69. The average Bonchev–Trinajstić information content (AvgIpc) is 3.31. The lowest BCUT2D eigenvalue weighted by atomic mass is 9.93. The third kappa shape index (κ3) is 4.08. The molecule has 5 aromatic rings. The summed E-state index contributed by atoms with van der Waals surface area (Å²) in [6.07, 6.45) is 0. The van der Waals surface area contributed by atoms with E-state index in [-0.39, 0.29) is 6.04 Å². The fourth-order valence-electron chi connectivity index (χ4n) is 5.32. The van der Waals surface area contributed by atoms with Gasteiger partial charge in [-0.3, -0.25) is 0 Å². The van der Waals surface area contributed by atoms with Crippen molar-refractivity contribution in [3.05, 3.63) is 129 Å². The Bertz CT molecular complexity index is 1820. The van der Waals surface area contributed by atoms with E-state index in [1.165, 1.54) is 5.56 Å². The van der Waals surface area contributed by atoms with Crippen LogP contribution in [-0.2, 0) is 0 Å². The zero-order valence-corrected chi connectivity index (χ0v) is 23.3. The van der Waals surface area contributed by atoms with E-state index in [1.54, 1.807) is 0 Å². The molecule has 196 valence electrons. The number of halogens is 2. The molecule has 7 rings (SSSR count). The number of hydrogen-bond acceptors (Lipinski definition) is 5. The van der Waals surface area contributed by atoms with Gasteiger partial charge in [0.25, 0.3) is 0 Å². The van der Waals surface area contributed by atoms with Gasteiger partial charge >= 0.3 is 0 Å². The van der Waals surface area contributed by atoms with Gasteiger partial charge in [-0.2, -0.15) is 5.10 Å². The number of fused-ring (bicyclic) bond motifs is 4. The number of rotatable bonds is 3. The van der Waals surface area contributed by atoms with Crippen molar-refractivity contribution in [3.8, 4) is 5.69 Å². The second-order valence-corrected chi connectivity index (χ2v) is 10.7. The molecule has 0 unspecified atom stereocenters. The molecule has 3 heterocycles. The van der Waals surface area contributed by atoms with Gasteiger partial charge in [0, 0.05) is 11.3 Å². The van der Waals surface area contributed by atoms with Gasteiger partial charge in [0.05, 0.1) is 38.8 Å². The lowest BCUT2D eigenvalue weighted by molar-refractivity contribution is 0.815. The number of nitrogens with zero attached hydrogens (tertiary/aromatic N) is 5. The molecule has 2 aliphatic rings. The van der Waals surface area contributed by atoms with Gasteiger partial charge in [-0.15, -0.1) is 0 Å². The number of nitrogens with one attached hydrogen (secondary N) is 1. The van der Waals surface area contributed by atoms with Crippen LogP contribution >= 0.6 is 23.2 Å². The number of hydrogen-bond donors (Lipinski definition) is 1. The first-order chi connectivity index (χ1) is 19.5. The van der Waals surface area contributed by atoms with Crippen molar-refractivity contribution in [2.45, 2.75) is 19.9 Å². The van der Waals surface area contributed by atoms with E-state index in [1.807, 2.05) is 90.5 Å². The largest absolute Gasteiger partial charge is 0.337 e. The van der Waals surface area contributed by atoms with Crippen molar-refractivity contribution < 1.29 is 0 Å². The Morgan fingerprint density at radius 3 is 2.30 bits per heavy atom. The number of aromatic nitrogens is 2. The molecular formula is C32H24Cl2N6. The number of anilines is 2. The molecule has 0 saturated heterocycles. The molecule has 40 heavy (non-hydrogen) atoms. The van der Waals surface area contributed by atoms with Gasteiger partial charge in [-0.1, -0.05) is 77.3 Å². The number of aliphatic imine (C=N–C) groups is 2. The molecule has 1 N–H and O–H groups in total. The third-order valence-electron chi connectivity index (χ3n) is 7.21. The van der Waals surface area contributed by atoms with Gasteiger partial charge in [0.15, 0.2) is 17.5 Å². The molecule has 1 atom stereocenters. The van der Waals surface area contributed by atoms with Crippen molar-refractivity contribution in [1.29, 1.82) is 0 Å². The molecule has 0 spiro atoms. The SMILES string of the molecule is Cc1ccc(NC2=Nc3ccccc3N3C2=Nc2c(c(C)nn2-c2ccccc2)[C@@H]3c2ccc(Cl)c(Cl)c2)cc1. The van der Waals surface area contributed by atoms with Crippen molar-refractivity contribution in [1.82, 2.24) is 9.78 Å². The predicted octanol–water partition coefficient (Wildman–Crippen LogP) is 8.59. The fourth-order valence-corrected chi connectivity index (χ4v) is 5.62. The highest BCUT2D eigenvalue weighted by atomic mass is 35.5. The second kappa shape index (κ2) is 9.66. The zero-order valence-electron chi connectivity index (χ0n) is 21.8. The maximum absolute atomic E-state index is 6.59. The molecule has 0 amide bonds. The molecule has 0 fully saturated rings. The maximum Gasteiger partial charge on any atom is 0.179 e. The highest BCUT2D eigenvalue weighted by molar-refractivity contribution is 6.51. The summed E-state index contributed by atoms with van der Waals surface area (Å²) in [6, 6.07) is 31.9. The third-order valence-corrected chi connectivity index (χ3v) is 7.95. The van der Waals surface area contributed by atoms with Gasteiger partial charge < -0.3 is 10.2 Å². The summed E-state index contributed by atoms with van der Waals surface area (Å²) in [5, 5.41) is 9.52. The number of benzene rings is 4. The summed E-state index contributed by atoms with van der Waals surface area (Å²) < 4.78 is 1.91. The number of amidine groups is 2. The van der Waals surface area contributed by atoms with Crippen LogP contribution in [0.2, 0.25) is 10.0 Å². The number of aryl methyl sites for hydroxylation is 2. The van der Waals surface area contributed by atoms with Crippen LogP contribution in [0.5, 0.6) is 0 Å². The minimum absolute atomic E-state index is 0.277. The smallest absolute Gasteiger partial charge is 0.179 e. The van der Waals surface area contributed by atoms with E-state index < -0.39 is 0 Å². The molecule has 0 radical (unpaired) electrons. The lowest BCUT2D eigenvalue weighted by Crippen LogP contribution is -2.46. The van der Waals surface area contributed by atoms with Gasteiger partial charge in [-0.25, -0.2) is 14.7 Å². The monoisotopic (exact) mass is 562 g/mol. The standard InChI is InChI=1S/C32H24Cl2N6/c1-19-12-15-22(16-13-19)35-30-32-37-31-28(20(2)38-40(31)23-8-4-3-5-9-23)29(21-14-17-24(33)25(34)18-21)39(32)27-11-7-6-10-26(27)36-30/h3-18,29H,1-2H3,(H,35,36)/t29-/m0/s1. The molecule has 8 heteroatoms. The summed E-state index contributed by atoms with van der Waals surface area (Å²) in [4.78, 5) is 12.5. The molecule has 4 aromatic carbocycles. The Morgan fingerprint density at radius 1 is 0.775 bits per heavy atom. The Balaban J connectivity index is 1.50. The van der Waals surface area contributed by atoms with Crippen LogP contribution in [0.3, 0.4) is 0 Å². The number of para-hydroxylation sites is 3. The molecule has 0 aliphatic carbocycles. The van der Waals surface area contributed by atoms with Crippen LogP contribution < -0.4 is 10.2 Å². The Morgan fingerprint density at radius 2 is 1.52 bits per heavy atom. The molecule has 0 saturated carbocycles. The summed E-state index contributed by atoms with van der Waals surface area (Å²) in [7, 11) is 0. The highest BCUT2D eigenvalue weighted by Crippen LogP contribution is 2.48. The van der Waals surface area contributed by atoms with Crippen molar-refractivity contribution >= 4 is 57.8 Å².